The highest BCUT2D eigenvalue weighted by Gasteiger charge is 2.72. The standard InChI is InChI=1S/C17H24O7/c1-9-7-23-15(20)13-11(9)17(16(2,22-4)24-13)6-5-10(8-21-3)12(18)14(17)19/h5,9,11,13-14,19H,6-8H2,1-4H3. The number of Topliss-reactive ketones (excluding diaryl/α,β-unsaturated/α-hetero) is 1. The Balaban J connectivity index is 2.11. The zero-order chi connectivity index (χ0) is 17.7. The van der Waals surface area contributed by atoms with Crippen LogP contribution in [-0.4, -0.2) is 62.3 Å². The number of rotatable bonds is 3. The molecule has 0 aromatic rings. The van der Waals surface area contributed by atoms with Crippen molar-refractivity contribution in [1.29, 1.82) is 0 Å². The largest absolute Gasteiger partial charge is 0.463 e. The van der Waals surface area contributed by atoms with E-state index >= 15 is 0 Å². The van der Waals surface area contributed by atoms with Gasteiger partial charge >= 0.3 is 5.97 Å². The van der Waals surface area contributed by atoms with E-state index in [0.29, 0.717) is 12.0 Å². The molecule has 6 atom stereocenters. The van der Waals surface area contributed by atoms with E-state index in [4.69, 9.17) is 18.9 Å². The SMILES string of the molecule is COCC1=CCC2(C(O)C1=O)C1C(C)COC(=O)C1OC2(C)OC. The summed E-state index contributed by atoms with van der Waals surface area (Å²) in [6, 6.07) is 0. The second-order valence-corrected chi connectivity index (χ2v) is 7.00. The number of hydrogen-bond donors (Lipinski definition) is 1. The Morgan fingerprint density at radius 2 is 2.08 bits per heavy atom. The Morgan fingerprint density at radius 3 is 2.71 bits per heavy atom. The first-order chi connectivity index (χ1) is 11.3. The van der Waals surface area contributed by atoms with Gasteiger partial charge in [-0.15, -0.1) is 0 Å². The number of methoxy groups -OCH3 is 2. The molecule has 0 saturated carbocycles. The van der Waals surface area contributed by atoms with E-state index in [9.17, 15) is 14.7 Å². The number of aliphatic hydroxyl groups is 1. The third-order valence-electron chi connectivity index (χ3n) is 5.88. The number of aliphatic hydroxyl groups excluding tert-OH is 1. The summed E-state index contributed by atoms with van der Waals surface area (Å²) < 4.78 is 21.7. The molecule has 0 bridgehead atoms. The van der Waals surface area contributed by atoms with Crippen molar-refractivity contribution < 1.29 is 33.6 Å². The highest BCUT2D eigenvalue weighted by molar-refractivity contribution is 6.00. The van der Waals surface area contributed by atoms with Gasteiger partial charge < -0.3 is 24.1 Å². The third kappa shape index (κ3) is 2.12. The number of allylic oxidation sites excluding steroid dienone is 1. The van der Waals surface area contributed by atoms with Gasteiger partial charge in [0, 0.05) is 25.7 Å². The molecule has 134 valence electrons. The molecule has 2 saturated heterocycles. The first kappa shape index (κ1) is 17.5. The summed E-state index contributed by atoms with van der Waals surface area (Å²) >= 11 is 0. The fourth-order valence-electron chi connectivity index (χ4n) is 4.59. The quantitative estimate of drug-likeness (QED) is 0.746. The summed E-state index contributed by atoms with van der Waals surface area (Å²) in [6.45, 7) is 3.99. The lowest BCUT2D eigenvalue weighted by Gasteiger charge is -2.49. The molecule has 0 amide bonds. The van der Waals surface area contributed by atoms with Crippen LogP contribution in [0.5, 0.6) is 0 Å². The molecular weight excluding hydrogens is 316 g/mol. The molecule has 2 heterocycles. The second-order valence-electron chi connectivity index (χ2n) is 7.00. The van der Waals surface area contributed by atoms with Crippen molar-refractivity contribution in [3.63, 3.8) is 0 Å². The first-order valence-electron chi connectivity index (χ1n) is 8.12. The van der Waals surface area contributed by atoms with Crippen LogP contribution in [0.15, 0.2) is 11.6 Å². The fourth-order valence-corrected chi connectivity index (χ4v) is 4.59. The number of hydrogen-bond acceptors (Lipinski definition) is 7. The van der Waals surface area contributed by atoms with Crippen molar-refractivity contribution >= 4 is 11.8 Å². The number of carbonyl (C=O) groups excluding carboxylic acids is 2. The lowest BCUT2D eigenvalue weighted by atomic mass is 9.57. The van der Waals surface area contributed by atoms with Crippen molar-refractivity contribution in [3.05, 3.63) is 11.6 Å². The number of esters is 1. The van der Waals surface area contributed by atoms with E-state index in [1.165, 1.54) is 14.2 Å². The molecular formula is C17H24O7. The molecule has 2 aliphatic heterocycles. The number of carbonyl (C=O) groups is 2. The molecule has 3 rings (SSSR count). The van der Waals surface area contributed by atoms with E-state index in [1.807, 2.05) is 6.92 Å². The summed E-state index contributed by atoms with van der Waals surface area (Å²) in [5, 5.41) is 11.0. The Bertz CT molecular complexity index is 585. The molecule has 2 fully saturated rings. The van der Waals surface area contributed by atoms with Crippen molar-refractivity contribution in [2.75, 3.05) is 27.4 Å². The lowest BCUT2D eigenvalue weighted by Crippen LogP contribution is -2.61. The summed E-state index contributed by atoms with van der Waals surface area (Å²) in [5.41, 5.74) is -0.608. The van der Waals surface area contributed by atoms with Gasteiger partial charge in [-0.2, -0.15) is 0 Å². The number of fused-ring (bicyclic) bond motifs is 2. The van der Waals surface area contributed by atoms with Gasteiger partial charge in [0.15, 0.2) is 17.7 Å². The maximum absolute atomic E-state index is 12.7. The van der Waals surface area contributed by atoms with Crippen LogP contribution in [0.2, 0.25) is 0 Å². The van der Waals surface area contributed by atoms with Crippen LogP contribution in [0.4, 0.5) is 0 Å². The van der Waals surface area contributed by atoms with Gasteiger partial charge in [-0.3, -0.25) is 4.79 Å². The topological polar surface area (TPSA) is 91.3 Å². The highest BCUT2D eigenvalue weighted by atomic mass is 16.7. The van der Waals surface area contributed by atoms with Crippen molar-refractivity contribution in [3.8, 4) is 0 Å². The molecule has 6 unspecified atom stereocenters. The Hall–Kier alpha value is -1.28. The molecule has 1 spiro atoms. The van der Waals surface area contributed by atoms with Crippen LogP contribution in [0, 0.1) is 17.3 Å². The minimum absolute atomic E-state index is 0.0653. The smallest absolute Gasteiger partial charge is 0.335 e. The monoisotopic (exact) mass is 340 g/mol. The van der Waals surface area contributed by atoms with Crippen LogP contribution < -0.4 is 0 Å². The molecule has 3 aliphatic rings. The highest BCUT2D eigenvalue weighted by Crippen LogP contribution is 2.60. The van der Waals surface area contributed by atoms with E-state index < -0.39 is 35.2 Å². The normalized spacial score (nSPS) is 45.1. The van der Waals surface area contributed by atoms with Gasteiger partial charge in [-0.1, -0.05) is 13.0 Å². The van der Waals surface area contributed by atoms with Crippen molar-refractivity contribution in [2.24, 2.45) is 17.3 Å². The number of ketones is 1. The minimum Gasteiger partial charge on any atom is -0.463 e. The van der Waals surface area contributed by atoms with Crippen LogP contribution >= 0.6 is 0 Å². The maximum atomic E-state index is 12.7. The van der Waals surface area contributed by atoms with Gasteiger partial charge in [0.05, 0.1) is 18.6 Å². The lowest BCUT2D eigenvalue weighted by molar-refractivity contribution is -0.262. The summed E-state index contributed by atoms with van der Waals surface area (Å²) in [7, 11) is 2.96. The molecule has 7 heteroatoms. The Morgan fingerprint density at radius 1 is 1.38 bits per heavy atom. The molecule has 7 nitrogen and oxygen atoms in total. The average molecular weight is 340 g/mol. The summed E-state index contributed by atoms with van der Waals surface area (Å²) in [6.07, 6.45) is -0.0462. The Labute approximate surface area is 140 Å². The molecule has 24 heavy (non-hydrogen) atoms. The summed E-state index contributed by atoms with van der Waals surface area (Å²) in [4.78, 5) is 24.9. The van der Waals surface area contributed by atoms with Gasteiger partial charge in [0.1, 0.15) is 6.10 Å². The van der Waals surface area contributed by atoms with E-state index in [0.717, 1.165) is 0 Å². The molecule has 1 aliphatic carbocycles. The third-order valence-corrected chi connectivity index (χ3v) is 5.88. The molecule has 0 aromatic heterocycles. The van der Waals surface area contributed by atoms with Crippen molar-refractivity contribution in [1.82, 2.24) is 0 Å². The first-order valence-corrected chi connectivity index (χ1v) is 8.12. The van der Waals surface area contributed by atoms with Gasteiger partial charge in [0.2, 0.25) is 0 Å². The average Bonchev–Trinajstić information content (AvgIpc) is 2.83. The second kappa shape index (κ2) is 5.91. The van der Waals surface area contributed by atoms with Crippen LogP contribution in [0.25, 0.3) is 0 Å². The minimum atomic E-state index is -1.33. The van der Waals surface area contributed by atoms with Crippen LogP contribution in [-0.2, 0) is 28.5 Å². The predicted octanol–water partition coefficient (Wildman–Crippen LogP) is 0.450. The zero-order valence-corrected chi connectivity index (χ0v) is 14.4. The number of cyclic esters (lactones) is 1. The van der Waals surface area contributed by atoms with Crippen LogP contribution in [0.1, 0.15) is 20.3 Å². The molecule has 0 aromatic carbocycles. The molecule has 1 N–H and O–H groups in total. The van der Waals surface area contributed by atoms with Gasteiger partial charge in [-0.05, 0) is 19.3 Å². The predicted molar refractivity (Wildman–Crippen MR) is 81.9 cm³/mol. The van der Waals surface area contributed by atoms with E-state index in [-0.39, 0.29) is 25.0 Å². The van der Waals surface area contributed by atoms with Gasteiger partial charge in [0.25, 0.3) is 0 Å². The zero-order valence-electron chi connectivity index (χ0n) is 14.4. The molecule has 0 radical (unpaired) electrons. The maximum Gasteiger partial charge on any atom is 0.335 e. The van der Waals surface area contributed by atoms with Gasteiger partial charge in [-0.25, -0.2) is 4.79 Å². The summed E-state index contributed by atoms with van der Waals surface area (Å²) in [5.74, 6) is -2.58. The Kier molecular flexibility index (Phi) is 4.32. The number of ether oxygens (including phenoxy) is 4. The van der Waals surface area contributed by atoms with E-state index in [1.54, 1.807) is 13.0 Å². The van der Waals surface area contributed by atoms with E-state index in [2.05, 4.69) is 0 Å². The fraction of sp³-hybridized carbons (Fsp3) is 0.765. The van der Waals surface area contributed by atoms with Crippen molar-refractivity contribution in [2.45, 2.75) is 38.3 Å². The van der Waals surface area contributed by atoms with Crippen LogP contribution in [0.3, 0.4) is 0 Å².